The molecule has 1 fully saturated rings. The number of hydrogen-bond acceptors (Lipinski definition) is 6. The molecule has 1 unspecified atom stereocenters. The molecule has 1 amide bonds. The van der Waals surface area contributed by atoms with Crippen LogP contribution in [0.2, 0.25) is 0 Å². The van der Waals surface area contributed by atoms with Gasteiger partial charge in [0.15, 0.2) is 11.6 Å². The molecule has 2 heterocycles. The molecule has 1 saturated heterocycles. The SMILES string of the molecule is CC(C(=O)Nc1cc(-n2cnc3c(F)c(Br)ccc3c2=O)ccc1OC(F)(F)F)N1CCCOCC1. The van der Waals surface area contributed by atoms with Gasteiger partial charge in [-0.05, 0) is 59.6 Å². The first-order valence-electron chi connectivity index (χ1n) is 10.9. The van der Waals surface area contributed by atoms with Crippen molar-refractivity contribution in [2.75, 3.05) is 31.6 Å². The smallest absolute Gasteiger partial charge is 0.404 e. The first-order valence-corrected chi connectivity index (χ1v) is 11.7. The Morgan fingerprint density at radius 3 is 2.75 bits per heavy atom. The Bertz CT molecular complexity index is 1340. The average molecular weight is 573 g/mol. The molecule has 0 spiro atoms. The molecule has 8 nitrogen and oxygen atoms in total. The zero-order valence-corrected chi connectivity index (χ0v) is 20.5. The lowest BCUT2D eigenvalue weighted by Gasteiger charge is -2.26. The van der Waals surface area contributed by atoms with E-state index in [2.05, 4.69) is 31.0 Å². The van der Waals surface area contributed by atoms with Crippen LogP contribution in [0.1, 0.15) is 13.3 Å². The Kier molecular flexibility index (Phi) is 7.62. The maximum atomic E-state index is 14.3. The lowest BCUT2D eigenvalue weighted by atomic mass is 10.2. The number of anilines is 1. The van der Waals surface area contributed by atoms with E-state index >= 15 is 0 Å². The summed E-state index contributed by atoms with van der Waals surface area (Å²) >= 11 is 3.03. The highest BCUT2D eigenvalue weighted by molar-refractivity contribution is 9.10. The van der Waals surface area contributed by atoms with Crippen molar-refractivity contribution < 1.29 is 31.8 Å². The van der Waals surface area contributed by atoms with E-state index in [-0.39, 0.29) is 26.8 Å². The Morgan fingerprint density at radius 2 is 2.00 bits per heavy atom. The second kappa shape index (κ2) is 10.5. The lowest BCUT2D eigenvalue weighted by Crippen LogP contribution is -2.43. The summed E-state index contributed by atoms with van der Waals surface area (Å²) in [6, 6.07) is 5.43. The van der Waals surface area contributed by atoms with E-state index in [1.54, 1.807) is 6.92 Å². The molecule has 1 aromatic heterocycles. The van der Waals surface area contributed by atoms with Crippen LogP contribution in [0.4, 0.5) is 23.2 Å². The number of ether oxygens (including phenoxy) is 2. The molecule has 13 heteroatoms. The number of nitrogens with zero attached hydrogens (tertiary/aromatic N) is 3. The van der Waals surface area contributed by atoms with Gasteiger partial charge in [0.2, 0.25) is 5.91 Å². The molecular formula is C23H21BrF4N4O4. The van der Waals surface area contributed by atoms with Gasteiger partial charge in [-0.25, -0.2) is 9.37 Å². The molecule has 0 radical (unpaired) electrons. The third-order valence-electron chi connectivity index (χ3n) is 5.73. The highest BCUT2D eigenvalue weighted by Crippen LogP contribution is 2.32. The lowest BCUT2D eigenvalue weighted by molar-refractivity contribution is -0.274. The molecular weight excluding hydrogens is 552 g/mol. The quantitative estimate of drug-likeness (QED) is 0.460. The van der Waals surface area contributed by atoms with Crippen LogP contribution in [0, 0.1) is 5.82 Å². The molecule has 1 N–H and O–H groups in total. The standard InChI is InChI=1S/C23H21BrF4N4O4/c1-13(31-7-2-9-35-10-8-31)21(33)30-17-11-14(3-6-18(17)36-23(26,27)28)32-12-29-20-15(22(32)34)4-5-16(24)19(20)25/h3-6,11-13H,2,7-10H2,1H3,(H,30,33). The number of rotatable bonds is 5. The largest absolute Gasteiger partial charge is 0.573 e. The highest BCUT2D eigenvalue weighted by Gasteiger charge is 2.33. The monoisotopic (exact) mass is 572 g/mol. The molecule has 3 aromatic rings. The van der Waals surface area contributed by atoms with Gasteiger partial charge in [-0.15, -0.1) is 13.2 Å². The normalized spacial score (nSPS) is 15.9. The molecule has 0 bridgehead atoms. The first-order chi connectivity index (χ1) is 17.0. The van der Waals surface area contributed by atoms with E-state index < -0.39 is 35.4 Å². The topological polar surface area (TPSA) is 85.7 Å². The number of halogens is 5. The summed E-state index contributed by atoms with van der Waals surface area (Å²) in [5.41, 5.74) is -1.00. The molecule has 2 aromatic carbocycles. The van der Waals surface area contributed by atoms with Crippen molar-refractivity contribution in [1.82, 2.24) is 14.5 Å². The van der Waals surface area contributed by atoms with E-state index in [1.807, 2.05) is 4.90 Å². The van der Waals surface area contributed by atoms with Crippen molar-refractivity contribution in [2.45, 2.75) is 25.7 Å². The van der Waals surface area contributed by atoms with Crippen LogP contribution in [0.5, 0.6) is 5.75 Å². The predicted molar refractivity (Wildman–Crippen MR) is 127 cm³/mol. The molecule has 0 aliphatic carbocycles. The van der Waals surface area contributed by atoms with E-state index in [1.165, 1.54) is 24.3 Å². The fourth-order valence-corrected chi connectivity index (χ4v) is 4.18. The van der Waals surface area contributed by atoms with Gasteiger partial charge in [0.1, 0.15) is 11.8 Å². The number of carbonyl (C=O) groups is 1. The minimum absolute atomic E-state index is 0.0311. The maximum Gasteiger partial charge on any atom is 0.573 e. The minimum atomic E-state index is -5.01. The fraction of sp³-hybridized carbons (Fsp3) is 0.348. The number of benzene rings is 2. The van der Waals surface area contributed by atoms with Gasteiger partial charge in [0, 0.05) is 19.7 Å². The fourth-order valence-electron chi connectivity index (χ4n) is 3.86. The van der Waals surface area contributed by atoms with Crippen molar-refractivity contribution in [1.29, 1.82) is 0 Å². The zero-order valence-electron chi connectivity index (χ0n) is 18.9. The van der Waals surface area contributed by atoms with Crippen LogP contribution < -0.4 is 15.6 Å². The Hall–Kier alpha value is -3.03. The molecule has 1 aliphatic heterocycles. The van der Waals surface area contributed by atoms with Crippen LogP contribution >= 0.6 is 15.9 Å². The number of amides is 1. The Morgan fingerprint density at radius 1 is 1.22 bits per heavy atom. The van der Waals surface area contributed by atoms with Gasteiger partial charge in [0.25, 0.3) is 5.56 Å². The van der Waals surface area contributed by atoms with Gasteiger partial charge < -0.3 is 14.8 Å². The van der Waals surface area contributed by atoms with Crippen molar-refractivity contribution in [3.8, 4) is 11.4 Å². The number of aromatic nitrogens is 2. The molecule has 192 valence electrons. The second-order valence-electron chi connectivity index (χ2n) is 8.07. The van der Waals surface area contributed by atoms with Crippen LogP contribution in [0.3, 0.4) is 0 Å². The summed E-state index contributed by atoms with van der Waals surface area (Å²) < 4.78 is 64.1. The van der Waals surface area contributed by atoms with Gasteiger partial charge in [-0.1, -0.05) is 0 Å². The van der Waals surface area contributed by atoms with Crippen molar-refractivity contribution in [2.24, 2.45) is 0 Å². The highest BCUT2D eigenvalue weighted by atomic mass is 79.9. The van der Waals surface area contributed by atoms with Crippen molar-refractivity contribution >= 4 is 38.4 Å². The van der Waals surface area contributed by atoms with Crippen LogP contribution in [-0.2, 0) is 9.53 Å². The van der Waals surface area contributed by atoms with Crippen LogP contribution in [-0.4, -0.2) is 59.1 Å². The van der Waals surface area contributed by atoms with Gasteiger partial charge in [-0.3, -0.25) is 19.1 Å². The predicted octanol–water partition coefficient (Wildman–Crippen LogP) is 4.24. The van der Waals surface area contributed by atoms with Crippen LogP contribution in [0.15, 0.2) is 45.9 Å². The number of carbonyl (C=O) groups excluding carboxylic acids is 1. The molecule has 1 atom stereocenters. The summed E-state index contributed by atoms with van der Waals surface area (Å²) in [6.07, 6.45) is -3.24. The minimum Gasteiger partial charge on any atom is -0.404 e. The van der Waals surface area contributed by atoms with E-state index in [0.29, 0.717) is 32.7 Å². The molecule has 1 aliphatic rings. The number of alkyl halides is 3. The average Bonchev–Trinajstić information content (AvgIpc) is 3.11. The second-order valence-corrected chi connectivity index (χ2v) is 8.93. The summed E-state index contributed by atoms with van der Waals surface area (Å²) in [7, 11) is 0. The third kappa shape index (κ3) is 5.68. The molecule has 0 saturated carbocycles. The summed E-state index contributed by atoms with van der Waals surface area (Å²) in [5, 5.41) is 2.45. The third-order valence-corrected chi connectivity index (χ3v) is 6.34. The van der Waals surface area contributed by atoms with Crippen molar-refractivity contribution in [3.05, 3.63) is 57.3 Å². The number of hydrogen-bond donors (Lipinski definition) is 1. The van der Waals surface area contributed by atoms with Gasteiger partial charge in [0.05, 0.1) is 33.9 Å². The maximum absolute atomic E-state index is 14.3. The Labute approximate surface area is 210 Å². The van der Waals surface area contributed by atoms with Gasteiger partial charge >= 0.3 is 6.36 Å². The summed E-state index contributed by atoms with van der Waals surface area (Å²) in [4.78, 5) is 31.8. The van der Waals surface area contributed by atoms with Crippen LogP contribution in [0.25, 0.3) is 16.6 Å². The van der Waals surface area contributed by atoms with Crippen molar-refractivity contribution in [3.63, 3.8) is 0 Å². The molecule has 4 rings (SSSR count). The number of fused-ring (bicyclic) bond motifs is 1. The van der Waals surface area contributed by atoms with E-state index in [4.69, 9.17) is 4.74 Å². The van der Waals surface area contributed by atoms with Gasteiger partial charge in [-0.2, -0.15) is 0 Å². The van der Waals surface area contributed by atoms with E-state index in [0.717, 1.165) is 17.0 Å². The summed E-state index contributed by atoms with van der Waals surface area (Å²) in [5.74, 6) is -1.92. The summed E-state index contributed by atoms with van der Waals surface area (Å²) in [6.45, 7) is 3.71. The number of nitrogens with one attached hydrogen (secondary N) is 1. The Balaban J connectivity index is 1.71. The zero-order chi connectivity index (χ0) is 26.0. The van der Waals surface area contributed by atoms with E-state index in [9.17, 15) is 27.2 Å². The molecule has 36 heavy (non-hydrogen) atoms. The first kappa shape index (κ1) is 26.0.